The van der Waals surface area contributed by atoms with Crippen LogP contribution in [0.4, 0.5) is 17.1 Å². The van der Waals surface area contributed by atoms with Gasteiger partial charge in [-0.2, -0.15) is 0 Å². The zero-order valence-corrected chi connectivity index (χ0v) is 10.8. The average Bonchev–Trinajstić information content (AvgIpc) is 2.15. The average molecular weight is 371 g/mol. The summed E-state index contributed by atoms with van der Waals surface area (Å²) < 4.78 is -0.852. The van der Waals surface area contributed by atoms with Crippen LogP contribution in [-0.4, -0.2) is 14.8 Å². The van der Waals surface area contributed by atoms with Gasteiger partial charge in [0, 0.05) is 0 Å². The Balaban J connectivity index is 3.76. The molecule has 0 saturated heterocycles. The molecule has 90 valence electrons. The second-order valence-electron chi connectivity index (χ2n) is 2.66. The van der Waals surface area contributed by atoms with E-state index >= 15 is 0 Å². The molecule has 1 aromatic rings. The number of rotatable bonds is 3. The monoisotopic (exact) mass is 369 g/mol. The van der Waals surface area contributed by atoms with Crippen LogP contribution in [0.25, 0.3) is 0 Å². The summed E-state index contributed by atoms with van der Waals surface area (Å²) in [5.41, 5.74) is -2.25. The Labute approximate surface area is 109 Å². The van der Waals surface area contributed by atoms with E-state index in [2.05, 4.69) is 31.9 Å². The molecule has 11 heteroatoms. The van der Waals surface area contributed by atoms with Crippen molar-refractivity contribution in [1.82, 2.24) is 0 Å². The molecule has 1 rings (SSSR count). The van der Waals surface area contributed by atoms with Crippen molar-refractivity contribution in [3.63, 3.8) is 0 Å². The van der Waals surface area contributed by atoms with Gasteiger partial charge >= 0.3 is 5.69 Å². The van der Waals surface area contributed by atoms with Gasteiger partial charge in [0.25, 0.3) is 11.4 Å². The highest BCUT2D eigenvalue weighted by Gasteiger charge is 2.34. The summed E-state index contributed by atoms with van der Waals surface area (Å²) in [6.45, 7) is 0. The standard InChI is InChI=1S/C6HBr2N3O6/c7-4-2(9(12)13)1-3(10(14)15)5(8)6(4)11(16)17/h1H. The molecule has 0 N–H and O–H groups in total. The highest BCUT2D eigenvalue weighted by molar-refractivity contribution is 9.11. The smallest absolute Gasteiger partial charge is 0.258 e. The molecule has 0 aliphatic carbocycles. The highest BCUT2D eigenvalue weighted by atomic mass is 79.9. The summed E-state index contributed by atoms with van der Waals surface area (Å²) in [4.78, 5) is 29.0. The Bertz CT molecular complexity index is 507. The highest BCUT2D eigenvalue weighted by Crippen LogP contribution is 2.44. The van der Waals surface area contributed by atoms with Gasteiger partial charge in [-0.1, -0.05) is 0 Å². The van der Waals surface area contributed by atoms with Crippen molar-refractivity contribution in [3.8, 4) is 0 Å². The van der Waals surface area contributed by atoms with Crippen LogP contribution in [0, 0.1) is 30.3 Å². The first-order chi connectivity index (χ1) is 7.77. The van der Waals surface area contributed by atoms with E-state index in [9.17, 15) is 30.3 Å². The molecule has 0 saturated carbocycles. The summed E-state index contributed by atoms with van der Waals surface area (Å²) in [6.07, 6.45) is 0. The van der Waals surface area contributed by atoms with E-state index in [4.69, 9.17) is 0 Å². The van der Waals surface area contributed by atoms with Gasteiger partial charge in [-0.15, -0.1) is 0 Å². The number of nitro benzene ring substituents is 3. The topological polar surface area (TPSA) is 129 Å². The molecule has 0 atom stereocenters. The lowest BCUT2D eigenvalue weighted by Gasteiger charge is -2.01. The fourth-order valence-electron chi connectivity index (χ4n) is 1.02. The Morgan fingerprint density at radius 1 is 0.824 bits per heavy atom. The summed E-state index contributed by atoms with van der Waals surface area (Å²) in [7, 11) is 0. The van der Waals surface area contributed by atoms with Crippen molar-refractivity contribution in [1.29, 1.82) is 0 Å². The van der Waals surface area contributed by atoms with Gasteiger partial charge in [-0.25, -0.2) is 0 Å². The second-order valence-corrected chi connectivity index (χ2v) is 4.25. The largest absolute Gasteiger partial charge is 0.311 e. The van der Waals surface area contributed by atoms with Crippen molar-refractivity contribution in [2.24, 2.45) is 0 Å². The van der Waals surface area contributed by atoms with Crippen LogP contribution < -0.4 is 0 Å². The van der Waals surface area contributed by atoms with Gasteiger partial charge in [0.15, 0.2) is 8.95 Å². The Morgan fingerprint density at radius 3 is 1.41 bits per heavy atom. The van der Waals surface area contributed by atoms with Crippen LogP contribution in [0.15, 0.2) is 15.0 Å². The molecule has 0 unspecified atom stereocenters. The third kappa shape index (κ3) is 2.39. The minimum atomic E-state index is -0.950. The van der Waals surface area contributed by atoms with Gasteiger partial charge in [0.05, 0.1) is 20.8 Å². The van der Waals surface area contributed by atoms with E-state index in [0.717, 1.165) is 0 Å². The van der Waals surface area contributed by atoms with E-state index in [1.807, 2.05) is 0 Å². The quantitative estimate of drug-likeness (QED) is 0.593. The minimum Gasteiger partial charge on any atom is -0.258 e. The van der Waals surface area contributed by atoms with Gasteiger partial charge in [-0.05, 0) is 31.9 Å². The molecule has 0 aromatic heterocycles. The molecule has 0 amide bonds. The first kappa shape index (κ1) is 13.4. The predicted molar refractivity (Wildman–Crippen MR) is 61.8 cm³/mol. The molecular weight excluding hydrogens is 370 g/mol. The molecule has 0 radical (unpaired) electrons. The summed E-state index contributed by atoms with van der Waals surface area (Å²) in [5, 5.41) is 31.9. The van der Waals surface area contributed by atoms with Gasteiger partial charge in [0.2, 0.25) is 0 Å². The predicted octanol–water partition coefficient (Wildman–Crippen LogP) is 2.94. The number of hydrogen-bond acceptors (Lipinski definition) is 6. The fraction of sp³-hybridized carbons (Fsp3) is 0. The first-order valence-electron chi connectivity index (χ1n) is 3.72. The minimum absolute atomic E-state index is 0.426. The van der Waals surface area contributed by atoms with Crippen molar-refractivity contribution < 1.29 is 14.8 Å². The second kappa shape index (κ2) is 4.71. The van der Waals surface area contributed by atoms with Crippen molar-refractivity contribution in [2.75, 3.05) is 0 Å². The third-order valence-electron chi connectivity index (χ3n) is 1.71. The molecular formula is C6HBr2N3O6. The molecule has 0 aliphatic rings. The zero-order valence-electron chi connectivity index (χ0n) is 7.62. The lowest BCUT2D eigenvalue weighted by atomic mass is 10.2. The number of benzene rings is 1. The summed E-state index contributed by atoms with van der Waals surface area (Å²) in [6, 6.07) is 0.640. The summed E-state index contributed by atoms with van der Waals surface area (Å²) >= 11 is 5.36. The van der Waals surface area contributed by atoms with E-state index in [0.29, 0.717) is 6.07 Å². The van der Waals surface area contributed by atoms with Crippen LogP contribution in [0.3, 0.4) is 0 Å². The maximum atomic E-state index is 10.7. The lowest BCUT2D eigenvalue weighted by molar-refractivity contribution is -0.405. The van der Waals surface area contributed by atoms with Crippen molar-refractivity contribution in [2.45, 2.75) is 0 Å². The number of nitrogens with zero attached hydrogens (tertiary/aromatic N) is 3. The van der Waals surface area contributed by atoms with Gasteiger partial charge < -0.3 is 0 Å². The number of halogens is 2. The van der Waals surface area contributed by atoms with Crippen molar-refractivity contribution in [3.05, 3.63) is 45.4 Å². The van der Waals surface area contributed by atoms with Gasteiger partial charge in [-0.3, -0.25) is 30.3 Å². The molecule has 1 aromatic carbocycles. The van der Waals surface area contributed by atoms with E-state index in [1.54, 1.807) is 0 Å². The molecule has 0 heterocycles. The Morgan fingerprint density at radius 2 is 1.18 bits per heavy atom. The van der Waals surface area contributed by atoms with Crippen LogP contribution in [0.1, 0.15) is 0 Å². The van der Waals surface area contributed by atoms with Crippen LogP contribution in [0.2, 0.25) is 0 Å². The first-order valence-corrected chi connectivity index (χ1v) is 5.31. The molecule has 0 fully saturated rings. The van der Waals surface area contributed by atoms with Crippen LogP contribution >= 0.6 is 31.9 Å². The molecule has 9 nitrogen and oxygen atoms in total. The Kier molecular flexibility index (Phi) is 3.72. The molecule has 17 heavy (non-hydrogen) atoms. The number of nitro groups is 3. The summed E-state index contributed by atoms with van der Waals surface area (Å²) in [5.74, 6) is 0. The normalized spacial score (nSPS) is 10.0. The SMILES string of the molecule is O=[N+]([O-])c1cc([N+](=O)[O-])c(Br)c([N+](=O)[O-])c1Br. The van der Waals surface area contributed by atoms with E-state index in [1.165, 1.54) is 0 Å². The molecule has 0 bridgehead atoms. The fourth-order valence-corrected chi connectivity index (χ4v) is 2.49. The van der Waals surface area contributed by atoms with Crippen molar-refractivity contribution >= 4 is 48.9 Å². The van der Waals surface area contributed by atoms with Gasteiger partial charge in [0.1, 0.15) is 0 Å². The maximum Gasteiger partial charge on any atom is 0.311 e. The lowest BCUT2D eigenvalue weighted by Crippen LogP contribution is -2.00. The molecule has 0 spiro atoms. The van der Waals surface area contributed by atoms with Crippen LogP contribution in [-0.2, 0) is 0 Å². The Hall–Kier alpha value is -1.62. The zero-order chi connectivity index (χ0) is 13.3. The third-order valence-corrected chi connectivity index (χ3v) is 3.28. The molecule has 0 aliphatic heterocycles. The van der Waals surface area contributed by atoms with E-state index in [-0.39, 0.29) is 0 Å². The van der Waals surface area contributed by atoms with Crippen LogP contribution in [0.5, 0.6) is 0 Å². The maximum absolute atomic E-state index is 10.7. The number of hydrogen-bond donors (Lipinski definition) is 0. The van der Waals surface area contributed by atoms with E-state index < -0.39 is 40.8 Å².